The third kappa shape index (κ3) is 19.5. The van der Waals surface area contributed by atoms with Crippen molar-refractivity contribution in [3.8, 4) is 34.3 Å². The van der Waals surface area contributed by atoms with Crippen LogP contribution in [0.15, 0.2) is 157 Å². The molecule has 0 spiro atoms. The fourth-order valence-corrected chi connectivity index (χ4v) is 10.7. The van der Waals surface area contributed by atoms with E-state index in [1.54, 1.807) is 75.4 Å². The molecule has 1 heterocycles. The van der Waals surface area contributed by atoms with Crippen molar-refractivity contribution in [2.45, 2.75) is 196 Å². The third-order valence-corrected chi connectivity index (χ3v) is 15.8. The molecule has 6 aromatic carbocycles. The molecule has 0 saturated carbocycles. The summed E-state index contributed by atoms with van der Waals surface area (Å²) in [5, 5.41) is 33.9. The van der Waals surface area contributed by atoms with Crippen LogP contribution in [0.5, 0.6) is 17.2 Å². The van der Waals surface area contributed by atoms with Crippen LogP contribution in [0.1, 0.15) is 189 Å². The lowest BCUT2D eigenvalue weighted by atomic mass is 10.0. The minimum atomic E-state index is -1.04. The minimum Gasteiger partial charge on any atom is -0.466 e. The Kier molecular flexibility index (Phi) is 26.3. The van der Waals surface area contributed by atoms with E-state index in [-0.39, 0.29) is 34.1 Å². The molecule has 462 valence electrons. The molecule has 1 aromatic heterocycles. The maximum Gasteiger partial charge on any atom is 0.391 e. The molecular weight excluding hydrogens is 1090 g/mol. The number of aliphatic imine (C=N–C) groups is 3. The Morgan fingerprint density at radius 1 is 0.368 bits per heavy atom. The standard InChI is InChI=1S/C72H90N6O9/c1-7-10-13-16-19-22-25-34-55-37-28-31-40-64(55)85-67(79)73-58-46-43-54(6)63(49-58)78-71(83)76(59-47-44-52(4)61(50-59)74-68(80)86-65-41-32-29-38-56(65)35-26-23-20-17-14-11-8-2)70(82)77(72(78)84)60-48-45-53(5)62(51-60)75-69(81)87-66-42-33-30-39-57(66)36-27-24-21-18-15-12-9-3/h28-33,37-51H,7-27,34-36H2,1-6H3,(H,73,79)(H,74,80)(H,75,81). The van der Waals surface area contributed by atoms with Crippen molar-refractivity contribution in [1.82, 2.24) is 13.7 Å². The summed E-state index contributed by atoms with van der Waals surface area (Å²) in [6, 6.07) is 36.5. The summed E-state index contributed by atoms with van der Waals surface area (Å²) in [6.07, 6.45) is 24.6. The van der Waals surface area contributed by atoms with E-state index >= 15 is 14.4 Å². The normalized spacial score (nSPS) is 12.0. The van der Waals surface area contributed by atoms with Crippen molar-refractivity contribution in [3.63, 3.8) is 0 Å². The number of benzene rings is 6. The van der Waals surface area contributed by atoms with Crippen LogP contribution in [0.25, 0.3) is 17.1 Å². The maximum absolute atomic E-state index is 15.2. The van der Waals surface area contributed by atoms with Crippen molar-refractivity contribution in [1.29, 1.82) is 0 Å². The van der Waals surface area contributed by atoms with E-state index in [1.165, 1.54) is 95.2 Å². The van der Waals surface area contributed by atoms with Gasteiger partial charge < -0.3 is 29.5 Å². The molecule has 87 heavy (non-hydrogen) atoms. The lowest BCUT2D eigenvalue weighted by Crippen LogP contribution is -2.53. The number of hydrogen-bond donors (Lipinski definition) is 3. The molecule has 15 heteroatoms. The van der Waals surface area contributed by atoms with Gasteiger partial charge in [0.15, 0.2) is 0 Å². The van der Waals surface area contributed by atoms with E-state index in [0.29, 0.717) is 33.9 Å². The van der Waals surface area contributed by atoms with Gasteiger partial charge >= 0.3 is 35.3 Å². The molecule has 7 aromatic rings. The predicted molar refractivity (Wildman–Crippen MR) is 353 cm³/mol. The zero-order valence-electron chi connectivity index (χ0n) is 52.1. The van der Waals surface area contributed by atoms with Gasteiger partial charge in [-0.15, -0.1) is 0 Å². The lowest BCUT2D eigenvalue weighted by Gasteiger charge is -2.17. The average Bonchev–Trinajstić information content (AvgIpc) is 0.960. The number of aromatic nitrogens is 3. The molecule has 0 aliphatic carbocycles. The van der Waals surface area contributed by atoms with Crippen LogP contribution >= 0.6 is 0 Å². The van der Waals surface area contributed by atoms with E-state index < -0.39 is 35.3 Å². The largest absolute Gasteiger partial charge is 0.466 e. The highest BCUT2D eigenvalue weighted by atomic mass is 16.6. The molecule has 0 aliphatic heterocycles. The van der Waals surface area contributed by atoms with Crippen molar-refractivity contribution in [2.75, 3.05) is 0 Å². The van der Waals surface area contributed by atoms with Gasteiger partial charge in [0.05, 0.1) is 34.1 Å². The van der Waals surface area contributed by atoms with Crippen LogP contribution in [0.2, 0.25) is 0 Å². The first-order valence-corrected chi connectivity index (χ1v) is 31.7. The zero-order chi connectivity index (χ0) is 61.9. The summed E-state index contributed by atoms with van der Waals surface area (Å²) >= 11 is 0. The molecule has 15 nitrogen and oxygen atoms in total. The highest BCUT2D eigenvalue weighted by Gasteiger charge is 2.23. The highest BCUT2D eigenvalue weighted by molar-refractivity contribution is 5.75. The first-order chi connectivity index (χ1) is 42.3. The van der Waals surface area contributed by atoms with Crippen molar-refractivity contribution in [2.24, 2.45) is 15.0 Å². The Labute approximate surface area is 513 Å². The second-order valence-electron chi connectivity index (χ2n) is 22.7. The van der Waals surface area contributed by atoms with Crippen molar-refractivity contribution >= 4 is 35.3 Å². The van der Waals surface area contributed by atoms with E-state index in [1.807, 2.05) is 54.6 Å². The number of aryl methyl sites for hydroxylation is 6. The molecule has 0 aliphatic rings. The van der Waals surface area contributed by atoms with E-state index in [0.717, 1.165) is 107 Å². The van der Waals surface area contributed by atoms with Gasteiger partial charge in [-0.05, 0) is 147 Å². The molecule has 0 atom stereocenters. The molecule has 0 radical (unpaired) electrons. The number of aliphatic hydroxyl groups excluding tert-OH is 3. The predicted octanol–water partition coefficient (Wildman–Crippen LogP) is 17.8. The van der Waals surface area contributed by atoms with Gasteiger partial charge in [0, 0.05) is 0 Å². The third-order valence-electron chi connectivity index (χ3n) is 15.8. The Hall–Kier alpha value is -8.46. The number of hydrogen-bond acceptors (Lipinski definition) is 9. The van der Waals surface area contributed by atoms with Gasteiger partial charge in [-0.25, -0.2) is 28.1 Å². The van der Waals surface area contributed by atoms with Crippen LogP contribution in [-0.4, -0.2) is 47.3 Å². The Morgan fingerprint density at radius 3 is 1.07 bits per heavy atom. The molecular formula is C72H90N6O9. The van der Waals surface area contributed by atoms with Gasteiger partial charge in [-0.3, -0.25) is 0 Å². The summed E-state index contributed by atoms with van der Waals surface area (Å²) < 4.78 is 20.4. The molecule has 0 fully saturated rings. The lowest BCUT2D eigenvalue weighted by molar-refractivity contribution is 0.372. The molecule has 0 bridgehead atoms. The second-order valence-corrected chi connectivity index (χ2v) is 22.7. The number of nitrogens with zero attached hydrogens (tertiary/aromatic N) is 6. The number of unbranched alkanes of at least 4 members (excludes halogenated alkanes) is 18. The number of ether oxygens (including phenoxy) is 3. The smallest absolute Gasteiger partial charge is 0.391 e. The average molecular weight is 1180 g/mol. The number of rotatable bonds is 33. The molecule has 0 amide bonds. The van der Waals surface area contributed by atoms with Crippen molar-refractivity contribution in [3.05, 3.63) is 192 Å². The van der Waals surface area contributed by atoms with Crippen molar-refractivity contribution < 1.29 is 29.5 Å². The monoisotopic (exact) mass is 1180 g/mol. The first kappa shape index (κ1) is 66.1. The molecule has 0 saturated heterocycles. The Morgan fingerprint density at radius 2 is 0.690 bits per heavy atom. The minimum absolute atomic E-state index is 0.0172. The zero-order valence-corrected chi connectivity index (χ0v) is 52.1. The summed E-state index contributed by atoms with van der Waals surface area (Å²) in [5.41, 5.74) is 1.89. The van der Waals surface area contributed by atoms with Gasteiger partial charge in [0.2, 0.25) is 0 Å². The number of aliphatic hydroxyl groups is 3. The first-order valence-electron chi connectivity index (χ1n) is 31.7. The van der Waals surface area contributed by atoms with Gasteiger partial charge in [0.25, 0.3) is 0 Å². The van der Waals surface area contributed by atoms with Crippen LogP contribution in [0.3, 0.4) is 0 Å². The number of para-hydroxylation sites is 3. The quantitative estimate of drug-likeness (QED) is 0.0204. The fourth-order valence-electron chi connectivity index (χ4n) is 10.7. The van der Waals surface area contributed by atoms with Crippen LogP contribution in [0.4, 0.5) is 17.1 Å². The second kappa shape index (κ2) is 34.6. The maximum atomic E-state index is 15.2. The van der Waals surface area contributed by atoms with E-state index in [4.69, 9.17) is 14.2 Å². The fraction of sp³-hybridized carbons (Fsp3) is 0.417. The highest BCUT2D eigenvalue weighted by Crippen LogP contribution is 2.29. The topological polar surface area (TPSA) is 191 Å². The molecule has 7 rings (SSSR count). The summed E-state index contributed by atoms with van der Waals surface area (Å²) in [7, 11) is 0. The Bertz CT molecular complexity index is 3460. The van der Waals surface area contributed by atoms with Crippen LogP contribution in [-0.2, 0) is 19.3 Å². The van der Waals surface area contributed by atoms with Gasteiger partial charge in [-0.2, -0.15) is 15.0 Å². The molecule has 3 N–H and O–H groups in total. The van der Waals surface area contributed by atoms with Crippen LogP contribution < -0.4 is 31.3 Å². The van der Waals surface area contributed by atoms with Gasteiger partial charge in [0.1, 0.15) is 17.2 Å². The summed E-state index contributed by atoms with van der Waals surface area (Å²) in [6.45, 7) is 11.9. The SMILES string of the molecule is CCCCCCCCCc1ccccc1OC(O)=Nc1ccc(C)c(-n2c(=O)n(-c3ccc(C)c(N=C(O)Oc4ccccc4CCCCCCCCC)c3)c(=O)n(-c3ccc(C)c(N=C(O)Oc4ccccc4CCCCCCCCC)c3)c2=O)c1. The van der Waals surface area contributed by atoms with E-state index in [9.17, 15) is 15.3 Å². The van der Waals surface area contributed by atoms with Crippen LogP contribution in [0, 0.1) is 20.8 Å². The Balaban J connectivity index is 1.26. The van der Waals surface area contributed by atoms with E-state index in [2.05, 4.69) is 35.7 Å². The van der Waals surface area contributed by atoms with Gasteiger partial charge in [-0.1, -0.05) is 209 Å². The summed E-state index contributed by atoms with van der Waals surface area (Å²) in [5.74, 6) is 1.37. The molecule has 0 unspecified atom stereocenters. The summed E-state index contributed by atoms with van der Waals surface area (Å²) in [4.78, 5) is 58.9.